The molecule has 0 aliphatic carbocycles. The molecule has 0 fully saturated rings. The molecule has 0 N–H and O–H groups in total. The summed E-state index contributed by atoms with van der Waals surface area (Å²) in [6, 6.07) is 6.42. The lowest BCUT2D eigenvalue weighted by atomic mass is 10.2. The van der Waals surface area contributed by atoms with Crippen LogP contribution in [-0.2, 0) is 6.61 Å². The molecule has 0 bridgehead atoms. The SMILES string of the molecule is O=Cc1cc(OCc2cncc(F)c2)ccc1Br. The lowest BCUT2D eigenvalue weighted by Crippen LogP contribution is -1.97. The van der Waals surface area contributed by atoms with Gasteiger partial charge in [0.05, 0.1) is 6.20 Å². The Bertz CT molecular complexity index is 575. The topological polar surface area (TPSA) is 39.2 Å². The number of carbonyl (C=O) groups excluding carboxylic acids is 1. The fourth-order valence-corrected chi connectivity index (χ4v) is 1.74. The number of aldehydes is 1. The van der Waals surface area contributed by atoms with Crippen LogP contribution in [0.15, 0.2) is 41.1 Å². The Labute approximate surface area is 112 Å². The quantitative estimate of drug-likeness (QED) is 0.813. The van der Waals surface area contributed by atoms with E-state index in [1.165, 1.54) is 12.3 Å². The van der Waals surface area contributed by atoms with Crippen molar-refractivity contribution in [2.75, 3.05) is 0 Å². The summed E-state index contributed by atoms with van der Waals surface area (Å²) in [6.45, 7) is 0.199. The highest BCUT2D eigenvalue weighted by Gasteiger charge is 2.02. The van der Waals surface area contributed by atoms with E-state index in [0.29, 0.717) is 21.3 Å². The summed E-state index contributed by atoms with van der Waals surface area (Å²) in [5, 5.41) is 0. The molecule has 0 amide bonds. The van der Waals surface area contributed by atoms with Crippen molar-refractivity contribution in [3.63, 3.8) is 0 Å². The molecule has 0 spiro atoms. The summed E-state index contributed by atoms with van der Waals surface area (Å²) in [6.07, 6.45) is 3.40. The zero-order chi connectivity index (χ0) is 13.0. The Morgan fingerprint density at radius 3 is 2.89 bits per heavy atom. The minimum atomic E-state index is -0.402. The highest BCUT2D eigenvalue weighted by atomic mass is 79.9. The lowest BCUT2D eigenvalue weighted by molar-refractivity contribution is 0.112. The van der Waals surface area contributed by atoms with Crippen molar-refractivity contribution in [1.29, 1.82) is 0 Å². The van der Waals surface area contributed by atoms with E-state index in [-0.39, 0.29) is 6.61 Å². The first-order valence-electron chi connectivity index (χ1n) is 5.16. The maximum absolute atomic E-state index is 12.9. The van der Waals surface area contributed by atoms with Crippen molar-refractivity contribution in [2.45, 2.75) is 6.61 Å². The standard InChI is InChI=1S/C13H9BrFNO2/c14-13-2-1-12(4-10(13)7-17)18-8-9-3-11(15)6-16-5-9/h1-7H,8H2. The van der Waals surface area contributed by atoms with E-state index in [1.54, 1.807) is 18.2 Å². The van der Waals surface area contributed by atoms with Gasteiger partial charge in [-0.25, -0.2) is 4.39 Å². The van der Waals surface area contributed by atoms with Crippen LogP contribution in [0.4, 0.5) is 4.39 Å². The average Bonchev–Trinajstić information content (AvgIpc) is 2.38. The van der Waals surface area contributed by atoms with Crippen LogP contribution < -0.4 is 4.74 Å². The van der Waals surface area contributed by atoms with Crippen LogP contribution in [-0.4, -0.2) is 11.3 Å². The van der Waals surface area contributed by atoms with Gasteiger partial charge in [0.25, 0.3) is 0 Å². The molecular weight excluding hydrogens is 301 g/mol. The van der Waals surface area contributed by atoms with Gasteiger partial charge in [-0.2, -0.15) is 0 Å². The van der Waals surface area contributed by atoms with Gasteiger partial charge in [-0.1, -0.05) is 15.9 Å². The minimum Gasteiger partial charge on any atom is -0.489 e. The van der Waals surface area contributed by atoms with Gasteiger partial charge in [-0.05, 0) is 24.3 Å². The molecule has 3 nitrogen and oxygen atoms in total. The molecule has 0 radical (unpaired) electrons. The van der Waals surface area contributed by atoms with Crippen molar-refractivity contribution in [3.8, 4) is 5.75 Å². The van der Waals surface area contributed by atoms with Crippen molar-refractivity contribution in [2.24, 2.45) is 0 Å². The second-order valence-corrected chi connectivity index (χ2v) is 4.46. The monoisotopic (exact) mass is 309 g/mol. The van der Waals surface area contributed by atoms with Gasteiger partial charge < -0.3 is 4.74 Å². The molecule has 0 aliphatic heterocycles. The van der Waals surface area contributed by atoms with E-state index in [1.807, 2.05) is 0 Å². The Morgan fingerprint density at radius 2 is 2.17 bits per heavy atom. The Hall–Kier alpha value is -1.75. The predicted molar refractivity (Wildman–Crippen MR) is 68.1 cm³/mol. The fraction of sp³-hybridized carbons (Fsp3) is 0.0769. The van der Waals surface area contributed by atoms with Gasteiger partial charge in [0.2, 0.25) is 0 Å². The number of rotatable bonds is 4. The number of hydrogen-bond donors (Lipinski definition) is 0. The maximum Gasteiger partial charge on any atom is 0.151 e. The van der Waals surface area contributed by atoms with Crippen molar-refractivity contribution in [3.05, 3.63) is 58.1 Å². The number of aromatic nitrogens is 1. The highest BCUT2D eigenvalue weighted by Crippen LogP contribution is 2.21. The van der Waals surface area contributed by atoms with Crippen LogP contribution in [0.25, 0.3) is 0 Å². The summed E-state index contributed by atoms with van der Waals surface area (Å²) in [4.78, 5) is 14.5. The van der Waals surface area contributed by atoms with Crippen molar-refractivity contribution < 1.29 is 13.9 Å². The normalized spacial score (nSPS) is 10.1. The number of halogens is 2. The molecule has 0 atom stereocenters. The number of carbonyl (C=O) groups is 1. The number of hydrogen-bond acceptors (Lipinski definition) is 3. The molecule has 0 saturated carbocycles. The summed E-state index contributed by atoms with van der Waals surface area (Å²) in [5.41, 5.74) is 1.13. The van der Waals surface area contributed by atoms with E-state index in [0.717, 1.165) is 12.5 Å². The Balaban J connectivity index is 2.08. The first kappa shape index (κ1) is 12.7. The third-order valence-corrected chi connectivity index (χ3v) is 2.98. The van der Waals surface area contributed by atoms with Gasteiger partial charge in [0.15, 0.2) is 6.29 Å². The van der Waals surface area contributed by atoms with Crippen LogP contribution in [0.2, 0.25) is 0 Å². The highest BCUT2D eigenvalue weighted by molar-refractivity contribution is 9.10. The number of ether oxygens (including phenoxy) is 1. The molecule has 0 saturated heterocycles. The summed E-state index contributed by atoms with van der Waals surface area (Å²) >= 11 is 3.25. The van der Waals surface area contributed by atoms with Crippen LogP contribution in [0.1, 0.15) is 15.9 Å². The first-order chi connectivity index (χ1) is 8.69. The number of benzene rings is 1. The minimum absolute atomic E-state index is 0.199. The Kier molecular flexibility index (Phi) is 4.04. The van der Waals surface area contributed by atoms with Crippen molar-refractivity contribution >= 4 is 22.2 Å². The van der Waals surface area contributed by atoms with Gasteiger partial charge in [-0.3, -0.25) is 9.78 Å². The van der Waals surface area contributed by atoms with Crippen LogP contribution in [0, 0.1) is 5.82 Å². The summed E-state index contributed by atoms with van der Waals surface area (Å²) < 4.78 is 19.1. The molecule has 5 heteroatoms. The van der Waals surface area contributed by atoms with E-state index < -0.39 is 5.82 Å². The lowest BCUT2D eigenvalue weighted by Gasteiger charge is -2.07. The molecule has 2 aromatic rings. The third kappa shape index (κ3) is 3.13. The molecule has 92 valence electrons. The molecule has 1 heterocycles. The van der Waals surface area contributed by atoms with E-state index in [9.17, 15) is 9.18 Å². The average molecular weight is 310 g/mol. The van der Waals surface area contributed by atoms with Gasteiger partial charge in [0, 0.05) is 21.8 Å². The van der Waals surface area contributed by atoms with Gasteiger partial charge in [0.1, 0.15) is 18.2 Å². The molecule has 0 unspecified atom stereocenters. The zero-order valence-electron chi connectivity index (χ0n) is 9.27. The third-order valence-electron chi connectivity index (χ3n) is 2.26. The summed E-state index contributed by atoms with van der Waals surface area (Å²) in [7, 11) is 0. The molecule has 18 heavy (non-hydrogen) atoms. The van der Waals surface area contributed by atoms with Crippen molar-refractivity contribution in [1.82, 2.24) is 4.98 Å². The van der Waals surface area contributed by atoms with E-state index >= 15 is 0 Å². The number of pyridine rings is 1. The van der Waals surface area contributed by atoms with Gasteiger partial charge >= 0.3 is 0 Å². The first-order valence-corrected chi connectivity index (χ1v) is 5.95. The number of nitrogens with zero attached hydrogens (tertiary/aromatic N) is 1. The smallest absolute Gasteiger partial charge is 0.151 e. The second kappa shape index (κ2) is 5.73. The van der Waals surface area contributed by atoms with E-state index in [2.05, 4.69) is 20.9 Å². The largest absolute Gasteiger partial charge is 0.489 e. The van der Waals surface area contributed by atoms with E-state index in [4.69, 9.17) is 4.74 Å². The Morgan fingerprint density at radius 1 is 1.33 bits per heavy atom. The zero-order valence-corrected chi connectivity index (χ0v) is 10.9. The fourth-order valence-electron chi connectivity index (χ4n) is 1.40. The molecule has 1 aromatic carbocycles. The van der Waals surface area contributed by atoms with Crippen LogP contribution in [0.3, 0.4) is 0 Å². The molecular formula is C13H9BrFNO2. The van der Waals surface area contributed by atoms with Gasteiger partial charge in [-0.15, -0.1) is 0 Å². The second-order valence-electron chi connectivity index (χ2n) is 3.60. The molecule has 0 aliphatic rings. The predicted octanol–water partition coefficient (Wildman–Crippen LogP) is 3.37. The molecule has 1 aromatic heterocycles. The molecule has 2 rings (SSSR count). The maximum atomic E-state index is 12.9. The summed E-state index contributed by atoms with van der Waals surface area (Å²) in [5.74, 6) is 0.144. The van der Waals surface area contributed by atoms with Crippen LogP contribution >= 0.6 is 15.9 Å². The van der Waals surface area contributed by atoms with Crippen LogP contribution in [0.5, 0.6) is 5.75 Å².